The molecule has 20 heavy (non-hydrogen) atoms. The summed E-state index contributed by atoms with van der Waals surface area (Å²) in [5.41, 5.74) is 1.62. The zero-order valence-electron chi connectivity index (χ0n) is 13.8. The Balaban J connectivity index is 1.90. The first-order valence-electron chi connectivity index (χ1n) is 7.60. The van der Waals surface area contributed by atoms with Crippen LogP contribution in [0.2, 0.25) is 19.6 Å². The average molecular weight is 292 g/mol. The van der Waals surface area contributed by atoms with E-state index < -0.39 is 8.07 Å². The lowest BCUT2D eigenvalue weighted by Gasteiger charge is -2.51. The van der Waals surface area contributed by atoms with Crippen molar-refractivity contribution in [1.29, 1.82) is 0 Å². The molecule has 1 fully saturated rings. The fraction of sp³-hybridized carbons (Fsp3) is 0.647. The Bertz CT molecular complexity index is 447. The summed E-state index contributed by atoms with van der Waals surface area (Å²) in [5.74, 6) is 0. The molecule has 2 unspecified atom stereocenters. The van der Waals surface area contributed by atoms with Crippen molar-refractivity contribution in [3.63, 3.8) is 0 Å². The smallest absolute Gasteiger partial charge is 0.0775 e. The van der Waals surface area contributed by atoms with Crippen LogP contribution in [-0.4, -0.2) is 27.3 Å². The number of methoxy groups -OCH3 is 1. The minimum absolute atomic E-state index is 0.243. The van der Waals surface area contributed by atoms with Gasteiger partial charge in [0.05, 0.1) is 14.2 Å². The van der Waals surface area contributed by atoms with Crippen molar-refractivity contribution in [1.82, 2.24) is 5.32 Å². The highest BCUT2D eigenvalue weighted by molar-refractivity contribution is 6.88. The molecule has 112 valence electrons. The van der Waals surface area contributed by atoms with Crippen LogP contribution in [-0.2, 0) is 11.3 Å². The van der Waals surface area contributed by atoms with Gasteiger partial charge in [0.2, 0.25) is 0 Å². The van der Waals surface area contributed by atoms with Crippen LogP contribution in [0.3, 0.4) is 0 Å². The molecule has 1 aromatic rings. The maximum absolute atomic E-state index is 5.50. The van der Waals surface area contributed by atoms with Gasteiger partial charge in [0, 0.05) is 25.1 Å². The van der Waals surface area contributed by atoms with Gasteiger partial charge in [-0.1, -0.05) is 62.9 Å². The predicted molar refractivity (Wildman–Crippen MR) is 89.2 cm³/mol. The van der Waals surface area contributed by atoms with Crippen LogP contribution in [0.15, 0.2) is 24.3 Å². The molecule has 0 spiro atoms. The van der Waals surface area contributed by atoms with Crippen molar-refractivity contribution in [3.05, 3.63) is 29.8 Å². The Kier molecular flexibility index (Phi) is 4.43. The van der Waals surface area contributed by atoms with Gasteiger partial charge in [-0.05, 0) is 12.0 Å². The fourth-order valence-corrected chi connectivity index (χ4v) is 4.16. The van der Waals surface area contributed by atoms with E-state index in [9.17, 15) is 0 Å². The molecule has 1 aromatic carbocycles. The third-order valence-corrected chi connectivity index (χ3v) is 6.90. The summed E-state index contributed by atoms with van der Waals surface area (Å²) in [5, 5.41) is 5.21. The van der Waals surface area contributed by atoms with Crippen LogP contribution in [0, 0.1) is 5.41 Å². The van der Waals surface area contributed by atoms with Gasteiger partial charge in [-0.25, -0.2) is 0 Å². The quantitative estimate of drug-likeness (QED) is 0.842. The van der Waals surface area contributed by atoms with Crippen molar-refractivity contribution in [3.8, 4) is 0 Å². The maximum atomic E-state index is 5.50. The summed E-state index contributed by atoms with van der Waals surface area (Å²) in [6, 6.07) is 9.74. The molecule has 3 heteroatoms. The monoisotopic (exact) mass is 291 g/mol. The molecule has 0 bridgehead atoms. The second-order valence-electron chi connectivity index (χ2n) is 7.66. The van der Waals surface area contributed by atoms with Crippen LogP contribution in [0.25, 0.3) is 0 Å². The summed E-state index contributed by atoms with van der Waals surface area (Å²) < 4.78 is 5.50. The van der Waals surface area contributed by atoms with Gasteiger partial charge in [0.15, 0.2) is 0 Å². The van der Waals surface area contributed by atoms with E-state index in [0.29, 0.717) is 12.1 Å². The molecule has 2 rings (SSSR count). The number of benzene rings is 1. The van der Waals surface area contributed by atoms with Crippen molar-refractivity contribution in [2.45, 2.75) is 58.6 Å². The van der Waals surface area contributed by atoms with Gasteiger partial charge in [-0.15, -0.1) is 0 Å². The van der Waals surface area contributed by atoms with Crippen LogP contribution < -0.4 is 10.5 Å². The second-order valence-corrected chi connectivity index (χ2v) is 12.7. The molecule has 0 saturated heterocycles. The summed E-state index contributed by atoms with van der Waals surface area (Å²) in [6.45, 7) is 12.7. The van der Waals surface area contributed by atoms with E-state index in [0.717, 1.165) is 13.0 Å². The maximum Gasteiger partial charge on any atom is 0.0775 e. The van der Waals surface area contributed by atoms with Gasteiger partial charge < -0.3 is 10.1 Å². The molecule has 1 aliphatic rings. The number of nitrogens with one attached hydrogen (secondary N) is 1. The van der Waals surface area contributed by atoms with E-state index in [1.54, 1.807) is 0 Å². The topological polar surface area (TPSA) is 21.3 Å². The van der Waals surface area contributed by atoms with E-state index in [4.69, 9.17) is 4.74 Å². The number of ether oxygens (including phenoxy) is 1. The minimum Gasteiger partial charge on any atom is -0.381 e. The van der Waals surface area contributed by atoms with E-state index >= 15 is 0 Å². The summed E-state index contributed by atoms with van der Waals surface area (Å²) in [7, 11) is 0.646. The fourth-order valence-electron chi connectivity index (χ4n) is 3.00. The van der Waals surface area contributed by atoms with Crippen molar-refractivity contribution < 1.29 is 4.74 Å². The Morgan fingerprint density at radius 3 is 2.25 bits per heavy atom. The minimum atomic E-state index is -1.17. The van der Waals surface area contributed by atoms with E-state index in [1.165, 1.54) is 10.8 Å². The molecule has 1 aliphatic carbocycles. The normalized spacial score (nSPS) is 25.3. The summed E-state index contributed by atoms with van der Waals surface area (Å²) in [6.07, 6.45) is 1.52. The van der Waals surface area contributed by atoms with Crippen LogP contribution >= 0.6 is 0 Å². The van der Waals surface area contributed by atoms with Gasteiger partial charge in [-0.3, -0.25) is 0 Å². The van der Waals surface area contributed by atoms with Gasteiger partial charge in [0.1, 0.15) is 0 Å². The third-order valence-electron chi connectivity index (χ3n) is 4.83. The highest BCUT2D eigenvalue weighted by Gasteiger charge is 2.48. The van der Waals surface area contributed by atoms with Gasteiger partial charge in [0.25, 0.3) is 0 Å². The number of hydrogen-bond acceptors (Lipinski definition) is 2. The van der Waals surface area contributed by atoms with E-state index in [2.05, 4.69) is 63.1 Å². The second kappa shape index (κ2) is 5.62. The molecular formula is C17H29NOSi. The molecule has 0 aromatic heterocycles. The zero-order chi connectivity index (χ0) is 15.0. The average Bonchev–Trinajstić information content (AvgIpc) is 2.37. The highest BCUT2D eigenvalue weighted by Crippen LogP contribution is 2.42. The molecule has 0 aliphatic heterocycles. The van der Waals surface area contributed by atoms with Crippen molar-refractivity contribution in [2.75, 3.05) is 7.11 Å². The third kappa shape index (κ3) is 3.16. The van der Waals surface area contributed by atoms with Gasteiger partial charge in [-0.2, -0.15) is 0 Å². The Morgan fingerprint density at radius 1 is 1.20 bits per heavy atom. The van der Waals surface area contributed by atoms with Crippen molar-refractivity contribution in [2.24, 2.45) is 5.41 Å². The Hall–Kier alpha value is -0.643. The summed E-state index contributed by atoms with van der Waals surface area (Å²) >= 11 is 0. The van der Waals surface area contributed by atoms with Gasteiger partial charge >= 0.3 is 0 Å². The Morgan fingerprint density at radius 2 is 1.80 bits per heavy atom. The molecule has 0 radical (unpaired) electrons. The molecule has 0 amide bonds. The lowest BCUT2D eigenvalue weighted by molar-refractivity contribution is -0.0979. The largest absolute Gasteiger partial charge is 0.381 e. The van der Waals surface area contributed by atoms with E-state index in [1.807, 2.05) is 7.11 Å². The predicted octanol–water partition coefficient (Wildman–Crippen LogP) is 3.13. The standard InChI is InChI=1S/C17H29NOSi/c1-17(2)15(11-16(17)19-3)18-12-13-7-9-14(10-8-13)20(4,5)6/h7-10,15-16,18H,11-12H2,1-6H3. The first-order valence-corrected chi connectivity index (χ1v) is 11.1. The van der Waals surface area contributed by atoms with Crippen LogP contribution in [0.1, 0.15) is 25.8 Å². The summed E-state index contributed by atoms with van der Waals surface area (Å²) in [4.78, 5) is 0. The number of rotatable bonds is 5. The lowest BCUT2D eigenvalue weighted by Crippen LogP contribution is -2.60. The first kappa shape index (κ1) is 15.7. The highest BCUT2D eigenvalue weighted by atomic mass is 28.3. The molecule has 0 heterocycles. The molecule has 1 saturated carbocycles. The Labute approximate surface area is 124 Å². The van der Waals surface area contributed by atoms with Crippen molar-refractivity contribution >= 4 is 13.3 Å². The molecule has 1 N–H and O–H groups in total. The van der Waals surface area contributed by atoms with Crippen LogP contribution in [0.4, 0.5) is 0 Å². The molecule has 2 nitrogen and oxygen atoms in total. The zero-order valence-corrected chi connectivity index (χ0v) is 14.8. The van der Waals surface area contributed by atoms with Crippen LogP contribution in [0.5, 0.6) is 0 Å². The van der Waals surface area contributed by atoms with E-state index in [-0.39, 0.29) is 5.41 Å². The SMILES string of the molecule is COC1CC(NCc2ccc([Si](C)(C)C)cc2)C1(C)C. The molecule has 2 atom stereocenters. The number of hydrogen-bond donors (Lipinski definition) is 1. The molecular weight excluding hydrogens is 262 g/mol. The first-order chi connectivity index (χ1) is 9.25. The lowest BCUT2D eigenvalue weighted by atomic mass is 9.64.